The number of hydrogen-bond donors (Lipinski definition) is 0. The van der Waals surface area contributed by atoms with E-state index in [1.165, 1.54) is 0 Å². The zero-order valence-corrected chi connectivity index (χ0v) is 16.3. The lowest BCUT2D eigenvalue weighted by Crippen LogP contribution is -2.29. The molecule has 2 heterocycles. The van der Waals surface area contributed by atoms with Crippen molar-refractivity contribution in [2.24, 2.45) is 0 Å². The molecule has 3 aromatic rings. The van der Waals surface area contributed by atoms with Gasteiger partial charge in [-0.2, -0.15) is 0 Å². The predicted molar refractivity (Wildman–Crippen MR) is 108 cm³/mol. The number of aryl methyl sites for hydroxylation is 1. The molecule has 1 saturated heterocycles. The van der Waals surface area contributed by atoms with Crippen molar-refractivity contribution in [2.45, 2.75) is 25.3 Å². The summed E-state index contributed by atoms with van der Waals surface area (Å²) in [5.41, 5.74) is 3.13. The van der Waals surface area contributed by atoms with Crippen LogP contribution in [0, 0.1) is 0 Å². The zero-order valence-electron chi connectivity index (χ0n) is 16.3. The van der Waals surface area contributed by atoms with Crippen molar-refractivity contribution in [1.82, 2.24) is 14.5 Å². The van der Waals surface area contributed by atoms with Crippen LogP contribution in [0.2, 0.25) is 0 Å². The number of hydrogen-bond acceptors (Lipinski definition) is 4. The summed E-state index contributed by atoms with van der Waals surface area (Å²) in [6, 6.07) is 13.8. The molecule has 146 valence electrons. The fourth-order valence-electron chi connectivity index (χ4n) is 3.96. The lowest BCUT2D eigenvalue weighted by Gasteiger charge is -2.18. The molecule has 0 saturated carbocycles. The Morgan fingerprint density at radius 2 is 2.04 bits per heavy atom. The average Bonchev–Trinajstić information content (AvgIpc) is 3.39. The number of amides is 1. The van der Waals surface area contributed by atoms with E-state index in [0.29, 0.717) is 19.5 Å². The number of likely N-dealkylation sites (tertiary alicyclic amines) is 1. The van der Waals surface area contributed by atoms with Gasteiger partial charge in [0.2, 0.25) is 5.91 Å². The molecule has 28 heavy (non-hydrogen) atoms. The van der Waals surface area contributed by atoms with Crippen LogP contribution < -0.4 is 9.47 Å². The van der Waals surface area contributed by atoms with Gasteiger partial charge in [-0.1, -0.05) is 12.1 Å². The largest absolute Gasteiger partial charge is 0.497 e. The summed E-state index contributed by atoms with van der Waals surface area (Å²) in [5.74, 6) is 2.11. The van der Waals surface area contributed by atoms with Gasteiger partial charge in [-0.15, -0.1) is 0 Å². The second-order valence-electron chi connectivity index (χ2n) is 7.11. The first-order chi connectivity index (χ1) is 13.7. The maximum absolute atomic E-state index is 12.8. The topological polar surface area (TPSA) is 56.6 Å². The van der Waals surface area contributed by atoms with Crippen molar-refractivity contribution in [3.8, 4) is 11.5 Å². The molecule has 1 atom stereocenters. The van der Waals surface area contributed by atoms with Gasteiger partial charge in [0.25, 0.3) is 0 Å². The minimum atomic E-state index is 0.183. The van der Waals surface area contributed by atoms with Gasteiger partial charge < -0.3 is 18.9 Å². The first-order valence-corrected chi connectivity index (χ1v) is 9.59. The Balaban J connectivity index is 1.41. The molecule has 1 aromatic heterocycles. The number of aromatic nitrogens is 2. The molecule has 1 amide bonds. The smallest absolute Gasteiger partial charge is 0.224 e. The molecular formula is C22H25N3O3. The molecule has 0 aliphatic carbocycles. The Kier molecular flexibility index (Phi) is 5.19. The Morgan fingerprint density at radius 3 is 2.86 bits per heavy atom. The highest BCUT2D eigenvalue weighted by Crippen LogP contribution is 2.36. The third-order valence-corrected chi connectivity index (χ3v) is 5.51. The summed E-state index contributed by atoms with van der Waals surface area (Å²) in [7, 11) is 3.34. The van der Waals surface area contributed by atoms with Crippen molar-refractivity contribution < 1.29 is 14.3 Å². The van der Waals surface area contributed by atoms with E-state index in [1.54, 1.807) is 14.2 Å². The van der Waals surface area contributed by atoms with Gasteiger partial charge in [-0.25, -0.2) is 4.98 Å². The summed E-state index contributed by atoms with van der Waals surface area (Å²) in [4.78, 5) is 19.1. The summed E-state index contributed by atoms with van der Waals surface area (Å²) in [5, 5.41) is 0. The first-order valence-electron chi connectivity index (χ1n) is 9.59. The average molecular weight is 379 g/mol. The van der Waals surface area contributed by atoms with E-state index in [4.69, 9.17) is 9.47 Å². The van der Waals surface area contributed by atoms with Gasteiger partial charge in [-0.3, -0.25) is 4.79 Å². The van der Waals surface area contributed by atoms with E-state index in [9.17, 15) is 4.79 Å². The summed E-state index contributed by atoms with van der Waals surface area (Å²) in [6.07, 6.45) is 3.22. The lowest BCUT2D eigenvalue weighted by atomic mass is 9.97. The number of ether oxygens (including phenoxy) is 2. The molecule has 1 aliphatic rings. The number of para-hydroxylation sites is 2. The Hall–Kier alpha value is -3.02. The Morgan fingerprint density at radius 1 is 1.18 bits per heavy atom. The number of fused-ring (bicyclic) bond motifs is 1. The number of nitrogens with zero attached hydrogens (tertiary/aromatic N) is 3. The highest BCUT2D eigenvalue weighted by Gasteiger charge is 2.29. The maximum atomic E-state index is 12.8. The summed E-state index contributed by atoms with van der Waals surface area (Å²) < 4.78 is 12.9. The monoisotopic (exact) mass is 379 g/mol. The Labute approximate surface area is 164 Å². The number of carbonyl (C=O) groups is 1. The van der Waals surface area contributed by atoms with E-state index in [1.807, 2.05) is 58.3 Å². The summed E-state index contributed by atoms with van der Waals surface area (Å²) in [6.45, 7) is 2.13. The molecule has 4 rings (SSSR count). The third kappa shape index (κ3) is 3.54. The highest BCUT2D eigenvalue weighted by atomic mass is 16.5. The van der Waals surface area contributed by atoms with Crippen LogP contribution in [0.1, 0.15) is 24.3 Å². The first kappa shape index (κ1) is 18.3. The number of carbonyl (C=O) groups excluding carboxylic acids is 1. The molecule has 1 aliphatic heterocycles. The number of imidazole rings is 1. The molecule has 0 bridgehead atoms. The van der Waals surface area contributed by atoms with E-state index in [0.717, 1.165) is 41.1 Å². The van der Waals surface area contributed by atoms with E-state index in [2.05, 4.69) is 4.98 Å². The van der Waals surface area contributed by atoms with Crippen LogP contribution in [0.25, 0.3) is 11.0 Å². The minimum Gasteiger partial charge on any atom is -0.497 e. The fourth-order valence-corrected chi connectivity index (χ4v) is 3.96. The second-order valence-corrected chi connectivity index (χ2v) is 7.11. The lowest BCUT2D eigenvalue weighted by molar-refractivity contribution is -0.130. The Bertz CT molecular complexity index is 982. The molecule has 6 heteroatoms. The van der Waals surface area contributed by atoms with E-state index in [-0.39, 0.29) is 11.8 Å². The van der Waals surface area contributed by atoms with Crippen molar-refractivity contribution >= 4 is 16.9 Å². The molecule has 0 radical (unpaired) electrons. The van der Waals surface area contributed by atoms with Crippen molar-refractivity contribution in [3.63, 3.8) is 0 Å². The van der Waals surface area contributed by atoms with Crippen molar-refractivity contribution in [1.29, 1.82) is 0 Å². The molecule has 0 N–H and O–H groups in total. The standard InChI is InChI=1S/C22H25N3O3/c1-27-17-7-8-21(28-2)18(13-17)16-9-11-24(14-16)22(26)10-12-25-15-23-19-5-3-4-6-20(19)25/h3-8,13,15-16H,9-12,14H2,1-2H3. The normalized spacial score (nSPS) is 16.5. The van der Waals surface area contributed by atoms with Crippen LogP contribution in [0.3, 0.4) is 0 Å². The molecular weight excluding hydrogens is 354 g/mol. The second kappa shape index (κ2) is 7.92. The van der Waals surface area contributed by atoms with Crippen molar-refractivity contribution in [3.05, 3.63) is 54.4 Å². The zero-order chi connectivity index (χ0) is 19.5. The number of benzene rings is 2. The SMILES string of the molecule is COc1ccc(OC)c(C2CCN(C(=O)CCn3cnc4ccccc43)C2)c1. The van der Waals surface area contributed by atoms with E-state index < -0.39 is 0 Å². The van der Waals surface area contributed by atoms with Crippen LogP contribution in [0.5, 0.6) is 11.5 Å². The van der Waals surface area contributed by atoms with Gasteiger partial charge in [0.1, 0.15) is 11.5 Å². The maximum Gasteiger partial charge on any atom is 0.224 e. The third-order valence-electron chi connectivity index (χ3n) is 5.51. The number of methoxy groups -OCH3 is 2. The molecule has 1 unspecified atom stereocenters. The predicted octanol–water partition coefficient (Wildman–Crippen LogP) is 3.46. The molecule has 6 nitrogen and oxygen atoms in total. The fraction of sp³-hybridized carbons (Fsp3) is 0.364. The van der Waals surface area contributed by atoms with Gasteiger partial charge in [-0.05, 0) is 36.8 Å². The molecule has 0 spiro atoms. The van der Waals surface area contributed by atoms with Crippen LogP contribution >= 0.6 is 0 Å². The van der Waals surface area contributed by atoms with Gasteiger partial charge in [0.05, 0.1) is 31.6 Å². The van der Waals surface area contributed by atoms with Gasteiger partial charge in [0.15, 0.2) is 0 Å². The van der Waals surface area contributed by atoms with Crippen LogP contribution in [0.15, 0.2) is 48.8 Å². The highest BCUT2D eigenvalue weighted by molar-refractivity contribution is 5.78. The van der Waals surface area contributed by atoms with Crippen LogP contribution in [0.4, 0.5) is 0 Å². The van der Waals surface area contributed by atoms with Crippen LogP contribution in [-0.2, 0) is 11.3 Å². The van der Waals surface area contributed by atoms with Crippen LogP contribution in [-0.4, -0.2) is 47.7 Å². The van der Waals surface area contributed by atoms with E-state index >= 15 is 0 Å². The molecule has 2 aromatic carbocycles. The van der Waals surface area contributed by atoms with Crippen molar-refractivity contribution in [2.75, 3.05) is 27.3 Å². The van der Waals surface area contributed by atoms with Gasteiger partial charge in [0, 0.05) is 37.5 Å². The minimum absolute atomic E-state index is 0.183. The number of rotatable bonds is 6. The quantitative estimate of drug-likeness (QED) is 0.658. The van der Waals surface area contributed by atoms with Gasteiger partial charge >= 0.3 is 0 Å². The summed E-state index contributed by atoms with van der Waals surface area (Å²) >= 11 is 0. The molecule has 1 fully saturated rings.